The van der Waals surface area contributed by atoms with Crippen molar-refractivity contribution >= 4 is 28.9 Å². The van der Waals surface area contributed by atoms with Gasteiger partial charge in [0.25, 0.3) is 0 Å². The van der Waals surface area contributed by atoms with E-state index in [1.165, 1.54) is 0 Å². The van der Waals surface area contributed by atoms with Gasteiger partial charge in [-0.3, -0.25) is 0 Å². The molecule has 0 aliphatic rings. The summed E-state index contributed by atoms with van der Waals surface area (Å²) >= 11 is 12.2. The Labute approximate surface area is 116 Å². The van der Waals surface area contributed by atoms with Gasteiger partial charge in [0.1, 0.15) is 0 Å². The summed E-state index contributed by atoms with van der Waals surface area (Å²) in [6.45, 7) is 0.619. The van der Waals surface area contributed by atoms with Crippen LogP contribution < -0.4 is 5.32 Å². The molecule has 0 radical (unpaired) electrons. The third kappa shape index (κ3) is 3.16. The van der Waals surface area contributed by atoms with Crippen LogP contribution in [0.25, 0.3) is 0 Å². The van der Waals surface area contributed by atoms with Crippen molar-refractivity contribution in [2.45, 2.75) is 13.2 Å². The first-order chi connectivity index (χ1) is 8.70. The number of benzene rings is 2. The van der Waals surface area contributed by atoms with Crippen LogP contribution in [0.15, 0.2) is 42.5 Å². The number of anilines is 1. The van der Waals surface area contributed by atoms with Gasteiger partial charge < -0.3 is 10.4 Å². The van der Waals surface area contributed by atoms with Gasteiger partial charge in [-0.1, -0.05) is 41.4 Å². The average Bonchev–Trinajstić information content (AvgIpc) is 2.39. The Bertz CT molecular complexity index is 506. The Morgan fingerprint density at radius 3 is 2.11 bits per heavy atom. The second kappa shape index (κ2) is 6.10. The molecule has 2 rings (SSSR count). The molecule has 0 aliphatic carbocycles. The summed E-state index contributed by atoms with van der Waals surface area (Å²) in [6, 6.07) is 13.0. The van der Waals surface area contributed by atoms with Gasteiger partial charge in [0, 0.05) is 27.8 Å². The summed E-state index contributed by atoms with van der Waals surface area (Å²) in [5.74, 6) is 0. The lowest BCUT2D eigenvalue weighted by atomic mass is 10.2. The number of hydrogen-bond donors (Lipinski definition) is 2. The Morgan fingerprint density at radius 2 is 1.56 bits per heavy atom. The van der Waals surface area contributed by atoms with Gasteiger partial charge in [0.05, 0.1) is 6.61 Å². The second-order valence-electron chi connectivity index (χ2n) is 3.91. The molecule has 0 spiro atoms. The first-order valence-corrected chi connectivity index (χ1v) is 6.33. The number of aliphatic hydroxyl groups is 1. The van der Waals surface area contributed by atoms with Crippen molar-refractivity contribution in [3.05, 3.63) is 63.6 Å². The molecule has 0 saturated carbocycles. The van der Waals surface area contributed by atoms with Gasteiger partial charge in [-0.05, 0) is 29.8 Å². The maximum absolute atomic E-state index is 8.95. The lowest BCUT2D eigenvalue weighted by molar-refractivity contribution is 0.282. The molecule has 94 valence electrons. The largest absolute Gasteiger partial charge is 0.392 e. The van der Waals surface area contributed by atoms with Crippen molar-refractivity contribution in [2.24, 2.45) is 0 Å². The van der Waals surface area contributed by atoms with Crippen molar-refractivity contribution in [3.63, 3.8) is 0 Å². The molecule has 0 aliphatic heterocycles. The molecule has 18 heavy (non-hydrogen) atoms. The highest BCUT2D eigenvalue weighted by Crippen LogP contribution is 2.25. The molecule has 0 unspecified atom stereocenters. The number of nitrogens with one attached hydrogen (secondary N) is 1. The summed E-state index contributed by atoms with van der Waals surface area (Å²) < 4.78 is 0. The molecule has 0 fully saturated rings. The monoisotopic (exact) mass is 281 g/mol. The Morgan fingerprint density at radius 1 is 0.944 bits per heavy atom. The van der Waals surface area contributed by atoms with Gasteiger partial charge in [-0.2, -0.15) is 0 Å². The summed E-state index contributed by atoms with van der Waals surface area (Å²) in [7, 11) is 0. The summed E-state index contributed by atoms with van der Waals surface area (Å²) in [6.07, 6.45) is 0. The zero-order valence-corrected chi connectivity index (χ0v) is 11.2. The van der Waals surface area contributed by atoms with Crippen molar-refractivity contribution in [3.8, 4) is 0 Å². The third-order valence-corrected chi connectivity index (χ3v) is 3.38. The summed E-state index contributed by atoms with van der Waals surface area (Å²) in [5.41, 5.74) is 2.73. The van der Waals surface area contributed by atoms with Crippen LogP contribution in [0.2, 0.25) is 10.0 Å². The summed E-state index contributed by atoms with van der Waals surface area (Å²) in [5, 5.41) is 13.5. The van der Waals surface area contributed by atoms with Crippen LogP contribution in [0.4, 0.5) is 5.69 Å². The highest BCUT2D eigenvalue weighted by Gasteiger charge is 2.04. The topological polar surface area (TPSA) is 32.3 Å². The first kappa shape index (κ1) is 13.2. The van der Waals surface area contributed by atoms with Gasteiger partial charge >= 0.3 is 0 Å². The lowest BCUT2D eigenvalue weighted by Crippen LogP contribution is -2.01. The Hall–Kier alpha value is -1.22. The van der Waals surface area contributed by atoms with E-state index in [0.717, 1.165) is 16.8 Å². The minimum Gasteiger partial charge on any atom is -0.392 e. The standard InChI is InChI=1S/C14H13Cl2NO/c15-13-2-1-3-14(16)12(13)8-17-11-6-4-10(9-18)5-7-11/h1-7,17-18H,8-9H2. The van der Waals surface area contributed by atoms with Gasteiger partial charge in [0.15, 0.2) is 0 Å². The highest BCUT2D eigenvalue weighted by molar-refractivity contribution is 6.36. The smallest absolute Gasteiger partial charge is 0.0681 e. The molecule has 0 saturated heterocycles. The maximum atomic E-state index is 8.95. The zero-order valence-electron chi connectivity index (χ0n) is 9.66. The quantitative estimate of drug-likeness (QED) is 0.885. The SMILES string of the molecule is OCc1ccc(NCc2c(Cl)cccc2Cl)cc1. The van der Waals surface area contributed by atoms with E-state index >= 15 is 0 Å². The molecule has 2 nitrogen and oxygen atoms in total. The molecule has 0 heterocycles. The molecular weight excluding hydrogens is 269 g/mol. The molecule has 0 amide bonds. The second-order valence-corrected chi connectivity index (χ2v) is 4.72. The van der Waals surface area contributed by atoms with Crippen molar-refractivity contribution in [2.75, 3.05) is 5.32 Å². The van der Waals surface area contributed by atoms with E-state index in [9.17, 15) is 0 Å². The van der Waals surface area contributed by atoms with Gasteiger partial charge in [-0.25, -0.2) is 0 Å². The van der Waals surface area contributed by atoms with E-state index in [4.69, 9.17) is 28.3 Å². The number of hydrogen-bond acceptors (Lipinski definition) is 2. The van der Waals surface area contributed by atoms with E-state index in [0.29, 0.717) is 16.6 Å². The van der Waals surface area contributed by atoms with E-state index in [2.05, 4.69) is 5.32 Å². The highest BCUT2D eigenvalue weighted by atomic mass is 35.5. The molecule has 4 heteroatoms. The minimum absolute atomic E-state index is 0.0522. The number of halogens is 2. The molecule has 2 N–H and O–H groups in total. The molecular formula is C14H13Cl2NO. The fourth-order valence-electron chi connectivity index (χ4n) is 1.62. The van der Waals surface area contributed by atoms with E-state index in [1.54, 1.807) is 0 Å². The van der Waals surface area contributed by atoms with Crippen LogP contribution in [0.1, 0.15) is 11.1 Å². The molecule has 0 atom stereocenters. The van der Waals surface area contributed by atoms with Crippen LogP contribution in [-0.4, -0.2) is 5.11 Å². The zero-order chi connectivity index (χ0) is 13.0. The summed E-state index contributed by atoms with van der Waals surface area (Å²) in [4.78, 5) is 0. The van der Waals surface area contributed by atoms with E-state index < -0.39 is 0 Å². The molecule has 2 aromatic rings. The predicted octanol–water partition coefficient (Wildman–Crippen LogP) is 4.10. The predicted molar refractivity (Wildman–Crippen MR) is 76.2 cm³/mol. The Kier molecular flexibility index (Phi) is 4.48. The van der Waals surface area contributed by atoms with Gasteiger partial charge in [0.2, 0.25) is 0 Å². The maximum Gasteiger partial charge on any atom is 0.0681 e. The minimum atomic E-state index is 0.0522. The molecule has 0 aromatic heterocycles. The van der Waals surface area contributed by atoms with Crippen LogP contribution in [0, 0.1) is 0 Å². The van der Waals surface area contributed by atoms with E-state index in [1.807, 2.05) is 42.5 Å². The fraction of sp³-hybridized carbons (Fsp3) is 0.143. The molecule has 0 bridgehead atoms. The third-order valence-electron chi connectivity index (χ3n) is 2.67. The van der Waals surface area contributed by atoms with Crippen molar-refractivity contribution in [1.29, 1.82) is 0 Å². The van der Waals surface area contributed by atoms with Crippen LogP contribution in [0.3, 0.4) is 0 Å². The van der Waals surface area contributed by atoms with Crippen molar-refractivity contribution in [1.82, 2.24) is 0 Å². The normalized spacial score (nSPS) is 10.4. The van der Waals surface area contributed by atoms with E-state index in [-0.39, 0.29) is 6.61 Å². The van der Waals surface area contributed by atoms with Crippen LogP contribution in [0.5, 0.6) is 0 Å². The first-order valence-electron chi connectivity index (χ1n) is 5.57. The van der Waals surface area contributed by atoms with Crippen LogP contribution >= 0.6 is 23.2 Å². The Balaban J connectivity index is 2.06. The fourth-order valence-corrected chi connectivity index (χ4v) is 2.15. The van der Waals surface area contributed by atoms with Crippen molar-refractivity contribution < 1.29 is 5.11 Å². The van der Waals surface area contributed by atoms with Gasteiger partial charge in [-0.15, -0.1) is 0 Å². The lowest BCUT2D eigenvalue weighted by Gasteiger charge is -2.10. The average molecular weight is 282 g/mol. The molecule has 2 aromatic carbocycles. The number of aliphatic hydroxyl groups excluding tert-OH is 1. The van der Waals surface area contributed by atoms with Crippen LogP contribution in [-0.2, 0) is 13.2 Å². The number of rotatable bonds is 4.